The monoisotopic (exact) mass is 171 g/mol. The van der Waals surface area contributed by atoms with E-state index in [9.17, 15) is 4.79 Å². The second-order valence-corrected chi connectivity index (χ2v) is 3.77. The second kappa shape index (κ2) is 2.92. The summed E-state index contributed by atoms with van der Waals surface area (Å²) < 4.78 is -0.223. The summed E-state index contributed by atoms with van der Waals surface area (Å²) in [6, 6.07) is 0. The number of thioether (sulfide) groups is 1. The average molecular weight is 171 g/mol. The van der Waals surface area contributed by atoms with Crippen LogP contribution in [-0.2, 0) is 4.79 Å². The van der Waals surface area contributed by atoms with Crippen LogP contribution in [0.25, 0.3) is 0 Å². The number of hydrogen-bond donors (Lipinski definition) is 1. The van der Waals surface area contributed by atoms with Gasteiger partial charge in [0.05, 0.1) is 4.91 Å². The summed E-state index contributed by atoms with van der Waals surface area (Å²) in [4.78, 5) is 12.8. The van der Waals surface area contributed by atoms with Crippen LogP contribution in [0.4, 0.5) is 0 Å². The molecule has 52 valence electrons. The van der Waals surface area contributed by atoms with Crippen LogP contribution >= 0.6 is 24.4 Å². The zero-order chi connectivity index (χ0) is 7.72. The number of amides is 1. The highest BCUT2D eigenvalue weighted by Gasteiger charge is 2.29. The Bertz CT molecular complexity index is 194. The van der Waals surface area contributed by atoms with Crippen molar-refractivity contribution in [1.82, 2.24) is 4.81 Å². The molecule has 1 rings (SSSR count). The fourth-order valence-corrected chi connectivity index (χ4v) is 1.86. The Morgan fingerprint density at radius 2 is 2.50 bits per heavy atom. The smallest absolute Gasteiger partial charge is 0.248 e. The van der Waals surface area contributed by atoms with Crippen molar-refractivity contribution in [3.63, 3.8) is 0 Å². The van der Waals surface area contributed by atoms with Gasteiger partial charge < -0.3 is 4.81 Å². The zero-order valence-corrected chi connectivity index (χ0v) is 7.15. The van der Waals surface area contributed by atoms with Crippen LogP contribution in [0.3, 0.4) is 0 Å². The Labute approximate surface area is 70.9 Å². The molecule has 1 atom stereocenters. The molecule has 0 aromatic rings. The molecule has 1 saturated heterocycles. The summed E-state index contributed by atoms with van der Waals surface area (Å²) in [5.41, 5.74) is 0. The Morgan fingerprint density at radius 3 is 2.70 bits per heavy atom. The molecule has 1 heterocycles. The zero-order valence-electron chi connectivity index (χ0n) is 5.44. The van der Waals surface area contributed by atoms with Gasteiger partial charge in [-0.1, -0.05) is 17.8 Å². The van der Waals surface area contributed by atoms with Gasteiger partial charge in [-0.05, 0) is 6.92 Å². The summed E-state index contributed by atoms with van der Waals surface area (Å²) in [7, 11) is 5.33. The molecule has 0 aliphatic carbocycles. The Kier molecular flexibility index (Phi) is 2.36. The molecule has 0 aromatic heterocycles. The van der Waals surface area contributed by atoms with E-state index in [0.29, 0.717) is 4.91 Å². The van der Waals surface area contributed by atoms with E-state index < -0.39 is 0 Å². The van der Waals surface area contributed by atoms with E-state index in [4.69, 9.17) is 7.98 Å². The van der Waals surface area contributed by atoms with Crippen molar-refractivity contribution in [3.05, 3.63) is 11.0 Å². The number of carbonyl (C=O) groups is 1. The van der Waals surface area contributed by atoms with Gasteiger partial charge in [-0.15, -0.1) is 12.6 Å². The van der Waals surface area contributed by atoms with Crippen LogP contribution in [0.5, 0.6) is 0 Å². The fourth-order valence-electron chi connectivity index (χ4n) is 0.640. The van der Waals surface area contributed by atoms with Gasteiger partial charge in [0, 0.05) is 0 Å². The molecule has 1 amide bonds. The Morgan fingerprint density at radius 1 is 1.90 bits per heavy atom. The summed E-state index contributed by atoms with van der Waals surface area (Å²) in [6.07, 6.45) is 1.74. The van der Waals surface area contributed by atoms with Crippen molar-refractivity contribution < 1.29 is 4.79 Å². The maximum atomic E-state index is 11.0. The quantitative estimate of drug-likeness (QED) is 0.330. The van der Waals surface area contributed by atoms with Gasteiger partial charge in [0.15, 0.2) is 0 Å². The highest BCUT2D eigenvalue weighted by Crippen LogP contribution is 2.34. The molecule has 0 N–H and O–H groups in total. The third-order valence-electron chi connectivity index (χ3n) is 1.18. The number of allylic oxidation sites excluding steroid dienone is 1. The largest absolute Gasteiger partial charge is 0.373 e. The summed E-state index contributed by atoms with van der Waals surface area (Å²) in [6.45, 7) is 1.81. The van der Waals surface area contributed by atoms with Crippen LogP contribution in [0.1, 0.15) is 6.92 Å². The average Bonchev–Trinajstić information content (AvgIpc) is 2.17. The van der Waals surface area contributed by atoms with E-state index in [-0.39, 0.29) is 10.6 Å². The van der Waals surface area contributed by atoms with Gasteiger partial charge in [0.2, 0.25) is 13.9 Å². The van der Waals surface area contributed by atoms with Crippen molar-refractivity contribution in [2.45, 2.75) is 11.6 Å². The van der Waals surface area contributed by atoms with Gasteiger partial charge in [0.1, 0.15) is 4.71 Å². The van der Waals surface area contributed by atoms with Crippen molar-refractivity contribution in [3.8, 4) is 0 Å². The minimum Gasteiger partial charge on any atom is -0.373 e. The third kappa shape index (κ3) is 1.20. The molecule has 0 spiro atoms. The van der Waals surface area contributed by atoms with Crippen molar-refractivity contribution in [2.24, 2.45) is 0 Å². The number of carbonyl (C=O) groups excluding carboxylic acids is 1. The highest BCUT2D eigenvalue weighted by molar-refractivity contribution is 8.14. The standard InChI is InChI=1S/C5H6BNOS2/c1-2-3-4(8)7(6)5(9)10-3/h2,5,9H,1H3/b3-2+. The summed E-state index contributed by atoms with van der Waals surface area (Å²) in [5.74, 6) is -0.146. The van der Waals surface area contributed by atoms with Gasteiger partial charge in [-0.25, -0.2) is 0 Å². The van der Waals surface area contributed by atoms with Crippen molar-refractivity contribution >= 4 is 38.3 Å². The summed E-state index contributed by atoms with van der Waals surface area (Å²) >= 11 is 5.42. The van der Waals surface area contributed by atoms with E-state index in [0.717, 1.165) is 4.81 Å². The normalized spacial score (nSPS) is 30.2. The van der Waals surface area contributed by atoms with E-state index in [1.165, 1.54) is 11.8 Å². The number of nitrogens with zero attached hydrogens (tertiary/aromatic N) is 1. The number of thiol groups is 1. The minimum atomic E-state index is -0.223. The molecule has 1 aliphatic heterocycles. The van der Waals surface area contributed by atoms with E-state index in [2.05, 4.69) is 12.6 Å². The molecule has 5 heteroatoms. The first-order chi connectivity index (χ1) is 4.66. The highest BCUT2D eigenvalue weighted by atomic mass is 32.2. The van der Waals surface area contributed by atoms with Crippen molar-refractivity contribution in [2.75, 3.05) is 0 Å². The lowest BCUT2D eigenvalue weighted by molar-refractivity contribution is -0.121. The molecule has 10 heavy (non-hydrogen) atoms. The first-order valence-corrected chi connectivity index (χ1v) is 4.15. The predicted molar refractivity (Wildman–Crippen MR) is 46.7 cm³/mol. The first-order valence-electron chi connectivity index (χ1n) is 2.76. The summed E-state index contributed by atoms with van der Waals surface area (Å²) in [5, 5.41) is 0. The van der Waals surface area contributed by atoms with Crippen LogP contribution < -0.4 is 0 Å². The van der Waals surface area contributed by atoms with E-state index >= 15 is 0 Å². The maximum absolute atomic E-state index is 11.0. The molecule has 2 radical (unpaired) electrons. The van der Waals surface area contributed by atoms with E-state index in [1.54, 1.807) is 13.0 Å². The Balaban J connectivity index is 2.81. The van der Waals surface area contributed by atoms with Gasteiger partial charge in [-0.3, -0.25) is 4.79 Å². The van der Waals surface area contributed by atoms with Crippen molar-refractivity contribution in [1.29, 1.82) is 0 Å². The molecule has 0 bridgehead atoms. The maximum Gasteiger partial charge on any atom is 0.248 e. The molecule has 1 aliphatic rings. The Hall–Kier alpha value is -0.0251. The molecule has 0 saturated carbocycles. The predicted octanol–water partition coefficient (Wildman–Crippen LogP) is 0.762. The molecular formula is C5H6BNOS2. The van der Waals surface area contributed by atoms with Crippen LogP contribution in [0.15, 0.2) is 11.0 Å². The van der Waals surface area contributed by atoms with Gasteiger partial charge >= 0.3 is 0 Å². The molecular weight excluding hydrogens is 165 g/mol. The van der Waals surface area contributed by atoms with Crippen LogP contribution in [-0.4, -0.2) is 23.4 Å². The molecule has 2 nitrogen and oxygen atoms in total. The lowest BCUT2D eigenvalue weighted by Crippen LogP contribution is -2.25. The second-order valence-electron chi connectivity index (χ2n) is 1.81. The lowest BCUT2D eigenvalue weighted by atomic mass is 10.3. The van der Waals surface area contributed by atoms with E-state index in [1.807, 2.05) is 0 Å². The SMILES string of the molecule is [B]N1C(=O)/C(=C\C)SC1S. The topological polar surface area (TPSA) is 20.3 Å². The van der Waals surface area contributed by atoms with Gasteiger partial charge in [0.25, 0.3) is 0 Å². The molecule has 0 aromatic carbocycles. The number of hydrogen-bond acceptors (Lipinski definition) is 3. The lowest BCUT2D eigenvalue weighted by Gasteiger charge is -2.11. The number of rotatable bonds is 0. The third-order valence-corrected chi connectivity index (χ3v) is 2.85. The molecule has 1 unspecified atom stereocenters. The first kappa shape index (κ1) is 8.08. The minimum absolute atomic E-state index is 0.146. The van der Waals surface area contributed by atoms with Crippen LogP contribution in [0, 0.1) is 0 Å². The fraction of sp³-hybridized carbons (Fsp3) is 0.400. The molecule has 1 fully saturated rings. The van der Waals surface area contributed by atoms with Crippen LogP contribution in [0.2, 0.25) is 0 Å². The van der Waals surface area contributed by atoms with Gasteiger partial charge in [-0.2, -0.15) is 0 Å².